The van der Waals surface area contributed by atoms with E-state index in [-0.39, 0.29) is 67.7 Å². The van der Waals surface area contributed by atoms with Gasteiger partial charge in [-0.3, -0.25) is 9.59 Å². The maximum absolute atomic E-state index is 14.6. The van der Waals surface area contributed by atoms with E-state index in [0.717, 1.165) is 30.3 Å². The van der Waals surface area contributed by atoms with E-state index in [2.05, 4.69) is 5.92 Å². The van der Waals surface area contributed by atoms with Gasteiger partial charge in [-0.25, -0.2) is 17.2 Å². The number of halogens is 5. The number of amides is 2. The number of sulfone groups is 1. The summed E-state index contributed by atoms with van der Waals surface area (Å²) >= 11 is 0. The van der Waals surface area contributed by atoms with Crippen LogP contribution in [0.25, 0.3) is 0 Å². The monoisotopic (exact) mass is 686 g/mol. The predicted molar refractivity (Wildman–Crippen MR) is 164 cm³/mol. The van der Waals surface area contributed by atoms with Gasteiger partial charge in [0.25, 0.3) is 0 Å². The van der Waals surface area contributed by atoms with Crippen molar-refractivity contribution in [3.05, 3.63) is 94.6 Å². The molecule has 0 N–H and O–H groups in total. The lowest BCUT2D eigenvalue weighted by atomic mass is 9.78. The molecule has 0 unspecified atom stereocenters. The summed E-state index contributed by atoms with van der Waals surface area (Å²) in [6.45, 7) is -0.449. The Morgan fingerprint density at radius 3 is 2.50 bits per heavy atom. The summed E-state index contributed by atoms with van der Waals surface area (Å²) in [4.78, 5) is 29.6. The number of aryl methyl sites for hydroxylation is 1. The molecule has 2 aliphatic heterocycles. The lowest BCUT2D eigenvalue weighted by molar-refractivity contribution is -0.142. The molecule has 2 fully saturated rings. The average molecular weight is 687 g/mol. The number of nitrogens with zero attached hydrogens (tertiary/aromatic N) is 2. The third kappa shape index (κ3) is 5.59. The Bertz CT molecular complexity index is 1910. The fourth-order valence-electron chi connectivity index (χ4n) is 7.46. The van der Waals surface area contributed by atoms with Crippen LogP contribution < -0.4 is 4.74 Å². The van der Waals surface area contributed by atoms with E-state index in [1.807, 2.05) is 0 Å². The van der Waals surface area contributed by atoms with Gasteiger partial charge >= 0.3 is 6.18 Å². The number of rotatable bonds is 8. The second-order valence-corrected chi connectivity index (χ2v) is 14.4. The standard InChI is InChI=1S/C35H31F5N2O5S/c1-2-3-18-41-30(14-16-32(41)43)33(44)42-19-17-34(48(45,46)25-11-8-23(36)9-12-25)27-13-10-24(20-22(27)7-15-31(34)42)47-21-26-28(35(38,39)40)5-4-6-29(26)37/h1,4-6,8-13,20,30-31H,3,7,14-19,21H2/t30-,31+,34+/m0/s1. The fourth-order valence-corrected chi connectivity index (χ4v) is 9.82. The minimum atomic E-state index is -4.80. The van der Waals surface area contributed by atoms with Gasteiger partial charge in [-0.1, -0.05) is 12.1 Å². The number of carbonyl (C=O) groups excluding carboxylic acids is 2. The number of alkyl halides is 3. The Morgan fingerprint density at radius 1 is 1.04 bits per heavy atom. The summed E-state index contributed by atoms with van der Waals surface area (Å²) < 4.78 is 102. The third-order valence-corrected chi connectivity index (χ3v) is 12.2. The quantitative estimate of drug-likeness (QED) is 0.170. The van der Waals surface area contributed by atoms with Crippen molar-refractivity contribution in [2.45, 2.75) is 73.0 Å². The Labute approximate surface area is 274 Å². The van der Waals surface area contributed by atoms with Crippen LogP contribution in [0.15, 0.2) is 65.6 Å². The predicted octanol–water partition coefficient (Wildman–Crippen LogP) is 5.79. The number of likely N-dealkylation sites (tertiary alicyclic amines) is 2. The first-order valence-electron chi connectivity index (χ1n) is 15.4. The zero-order chi connectivity index (χ0) is 34.4. The van der Waals surface area contributed by atoms with Crippen molar-refractivity contribution >= 4 is 21.7 Å². The first-order chi connectivity index (χ1) is 22.8. The molecule has 13 heteroatoms. The number of ether oxygens (including phenoxy) is 1. The lowest BCUT2D eigenvalue weighted by Crippen LogP contribution is -2.55. The van der Waals surface area contributed by atoms with Gasteiger partial charge < -0.3 is 14.5 Å². The van der Waals surface area contributed by atoms with Crippen molar-refractivity contribution in [1.29, 1.82) is 0 Å². The first kappa shape index (κ1) is 33.5. The molecule has 3 atom stereocenters. The molecular formula is C35H31F5N2O5S. The van der Waals surface area contributed by atoms with Crippen LogP contribution in [0, 0.1) is 24.0 Å². The molecule has 6 rings (SSSR count). The van der Waals surface area contributed by atoms with Crippen LogP contribution in [-0.2, 0) is 43.4 Å². The van der Waals surface area contributed by atoms with E-state index in [4.69, 9.17) is 11.2 Å². The molecule has 3 aliphatic rings. The van der Waals surface area contributed by atoms with Crippen molar-refractivity contribution in [3.8, 4) is 18.1 Å². The van der Waals surface area contributed by atoms with Crippen LogP contribution >= 0.6 is 0 Å². The number of carbonyl (C=O) groups is 2. The topological polar surface area (TPSA) is 84.0 Å². The number of hydrogen-bond donors (Lipinski definition) is 0. The Kier molecular flexibility index (Phi) is 8.74. The van der Waals surface area contributed by atoms with Crippen molar-refractivity contribution in [1.82, 2.24) is 9.80 Å². The smallest absolute Gasteiger partial charge is 0.416 e. The second kappa shape index (κ2) is 12.5. The largest absolute Gasteiger partial charge is 0.489 e. The number of terminal acetylenes is 1. The van der Waals surface area contributed by atoms with E-state index < -0.39 is 62.2 Å². The number of hydrogen-bond acceptors (Lipinski definition) is 5. The average Bonchev–Trinajstić information content (AvgIpc) is 3.64. The zero-order valence-electron chi connectivity index (χ0n) is 25.6. The zero-order valence-corrected chi connectivity index (χ0v) is 26.4. The molecule has 3 aromatic carbocycles. The van der Waals surface area contributed by atoms with E-state index in [1.165, 1.54) is 40.1 Å². The van der Waals surface area contributed by atoms with Gasteiger partial charge in [0, 0.05) is 31.5 Å². The highest BCUT2D eigenvalue weighted by atomic mass is 32.2. The molecule has 48 heavy (non-hydrogen) atoms. The molecule has 252 valence electrons. The number of benzene rings is 3. The Balaban J connectivity index is 1.37. The van der Waals surface area contributed by atoms with Gasteiger partial charge in [0.1, 0.15) is 34.8 Å². The number of fused-ring (bicyclic) bond motifs is 3. The molecule has 0 aromatic heterocycles. The summed E-state index contributed by atoms with van der Waals surface area (Å²) in [6.07, 6.45) is 1.81. The van der Waals surface area contributed by atoms with Crippen LogP contribution in [0.3, 0.4) is 0 Å². The van der Waals surface area contributed by atoms with Gasteiger partial charge in [-0.15, -0.1) is 12.3 Å². The van der Waals surface area contributed by atoms with Gasteiger partial charge in [0.15, 0.2) is 9.84 Å². The summed E-state index contributed by atoms with van der Waals surface area (Å²) in [5.74, 6) is 0.316. The highest BCUT2D eigenvalue weighted by molar-refractivity contribution is 7.92. The van der Waals surface area contributed by atoms with Crippen LogP contribution in [-0.4, -0.2) is 55.2 Å². The maximum atomic E-state index is 14.6. The SMILES string of the molecule is C#CCCN1C(=O)CC[C@H]1C(=O)N1CC[C@@]2(S(=O)(=O)c3ccc(F)cc3)c3ccc(OCc4c(F)cccc4C(F)(F)F)cc3CC[C@@H]12. The Hall–Kier alpha value is -4.44. The van der Waals surface area contributed by atoms with Gasteiger partial charge in [0.05, 0.1) is 16.5 Å². The summed E-state index contributed by atoms with van der Waals surface area (Å²) in [7, 11) is -4.30. The first-order valence-corrected chi connectivity index (χ1v) is 16.9. The summed E-state index contributed by atoms with van der Waals surface area (Å²) in [5.41, 5.74) is -0.894. The molecule has 0 spiro atoms. The second-order valence-electron chi connectivity index (χ2n) is 12.2. The molecule has 2 heterocycles. The molecule has 0 radical (unpaired) electrons. The highest BCUT2D eigenvalue weighted by Gasteiger charge is 2.61. The summed E-state index contributed by atoms with van der Waals surface area (Å²) in [5, 5.41) is 0. The normalized spacial score (nSPS) is 22.3. The van der Waals surface area contributed by atoms with Crippen molar-refractivity contribution < 1.29 is 44.7 Å². The van der Waals surface area contributed by atoms with E-state index in [9.17, 15) is 40.0 Å². The highest BCUT2D eigenvalue weighted by Crippen LogP contribution is 2.53. The lowest BCUT2D eigenvalue weighted by Gasteiger charge is -2.43. The van der Waals surface area contributed by atoms with Crippen LogP contribution in [0.4, 0.5) is 22.0 Å². The molecule has 2 saturated heterocycles. The third-order valence-electron chi connectivity index (χ3n) is 9.66. The van der Waals surface area contributed by atoms with E-state index in [0.29, 0.717) is 17.5 Å². The van der Waals surface area contributed by atoms with Gasteiger partial charge in [-0.05, 0) is 85.3 Å². The van der Waals surface area contributed by atoms with Crippen LogP contribution in [0.5, 0.6) is 5.75 Å². The van der Waals surface area contributed by atoms with E-state index >= 15 is 0 Å². The Morgan fingerprint density at radius 2 is 1.79 bits per heavy atom. The van der Waals surface area contributed by atoms with Crippen LogP contribution in [0.1, 0.15) is 54.4 Å². The van der Waals surface area contributed by atoms with Crippen molar-refractivity contribution in [3.63, 3.8) is 0 Å². The van der Waals surface area contributed by atoms with Gasteiger partial charge in [0.2, 0.25) is 11.8 Å². The molecule has 7 nitrogen and oxygen atoms in total. The molecule has 1 aliphatic carbocycles. The van der Waals surface area contributed by atoms with E-state index in [1.54, 1.807) is 0 Å². The fraction of sp³-hybridized carbons (Fsp3) is 0.371. The molecule has 0 bridgehead atoms. The molecule has 2 amide bonds. The minimum absolute atomic E-state index is 0.00547. The van der Waals surface area contributed by atoms with Crippen molar-refractivity contribution in [2.75, 3.05) is 13.1 Å². The molecule has 3 aromatic rings. The minimum Gasteiger partial charge on any atom is -0.489 e. The molecular weight excluding hydrogens is 655 g/mol. The van der Waals surface area contributed by atoms with Crippen molar-refractivity contribution in [2.24, 2.45) is 0 Å². The molecule has 0 saturated carbocycles. The maximum Gasteiger partial charge on any atom is 0.416 e. The van der Waals surface area contributed by atoms with Crippen LogP contribution in [0.2, 0.25) is 0 Å². The van der Waals surface area contributed by atoms with Gasteiger partial charge in [-0.2, -0.15) is 13.2 Å². The summed E-state index contributed by atoms with van der Waals surface area (Å²) in [6, 6.07) is 9.93.